The van der Waals surface area contributed by atoms with E-state index in [1.807, 2.05) is 36.4 Å². The van der Waals surface area contributed by atoms with Gasteiger partial charge in [0.2, 0.25) is 0 Å². The van der Waals surface area contributed by atoms with Crippen LogP contribution in [0.4, 0.5) is 5.82 Å². The van der Waals surface area contributed by atoms with Gasteiger partial charge in [0, 0.05) is 11.6 Å². The third-order valence-corrected chi connectivity index (χ3v) is 4.50. The lowest BCUT2D eigenvalue weighted by Gasteiger charge is -2.11. The van der Waals surface area contributed by atoms with Gasteiger partial charge in [-0.1, -0.05) is 18.2 Å². The number of nitrogens with one attached hydrogen (secondary N) is 1. The second-order valence-corrected chi connectivity index (χ2v) is 6.30. The number of hydrogen-bond acceptors (Lipinski definition) is 5. The van der Waals surface area contributed by atoms with E-state index in [1.54, 1.807) is 36.5 Å². The number of aromatic nitrogens is 2. The van der Waals surface area contributed by atoms with Gasteiger partial charge in [0.05, 0.1) is 24.3 Å². The highest BCUT2D eigenvalue weighted by molar-refractivity contribution is 6.06. The summed E-state index contributed by atoms with van der Waals surface area (Å²) in [6, 6.07) is 22.0. The number of nitriles is 1. The third-order valence-electron chi connectivity index (χ3n) is 4.50. The fourth-order valence-corrected chi connectivity index (χ4v) is 3.00. The lowest BCUT2D eigenvalue weighted by Crippen LogP contribution is -2.14. The summed E-state index contributed by atoms with van der Waals surface area (Å²) in [7, 11) is 1.52. The quantitative estimate of drug-likeness (QED) is 0.566. The molecule has 29 heavy (non-hydrogen) atoms. The summed E-state index contributed by atoms with van der Waals surface area (Å²) < 4.78 is 5.44. The maximum absolute atomic E-state index is 12.8. The van der Waals surface area contributed by atoms with E-state index in [9.17, 15) is 4.79 Å². The molecule has 2 aromatic carbocycles. The average Bonchev–Trinajstić information content (AvgIpc) is 2.78. The van der Waals surface area contributed by atoms with Crippen LogP contribution < -0.4 is 10.1 Å². The maximum Gasteiger partial charge on any atom is 0.260 e. The highest BCUT2D eigenvalue weighted by Gasteiger charge is 2.15. The maximum atomic E-state index is 12.8. The molecule has 6 nitrogen and oxygen atoms in total. The number of ether oxygens (including phenoxy) is 1. The molecule has 1 N–H and O–H groups in total. The molecule has 6 heteroatoms. The van der Waals surface area contributed by atoms with Crippen molar-refractivity contribution < 1.29 is 9.53 Å². The van der Waals surface area contributed by atoms with Crippen molar-refractivity contribution in [3.05, 3.63) is 84.1 Å². The fourth-order valence-electron chi connectivity index (χ4n) is 3.00. The lowest BCUT2D eigenvalue weighted by atomic mass is 10.0. The number of anilines is 1. The van der Waals surface area contributed by atoms with Crippen LogP contribution in [-0.4, -0.2) is 23.0 Å². The van der Waals surface area contributed by atoms with E-state index in [4.69, 9.17) is 10.00 Å². The Balaban J connectivity index is 1.61. The van der Waals surface area contributed by atoms with Gasteiger partial charge in [-0.25, -0.2) is 9.97 Å². The van der Waals surface area contributed by atoms with Gasteiger partial charge in [-0.15, -0.1) is 0 Å². The molecule has 4 aromatic rings. The Labute approximate surface area is 167 Å². The molecule has 1 amide bonds. The van der Waals surface area contributed by atoms with Crippen LogP contribution in [0.15, 0.2) is 72.9 Å². The van der Waals surface area contributed by atoms with Crippen molar-refractivity contribution in [2.75, 3.05) is 12.4 Å². The molecule has 0 saturated carbocycles. The van der Waals surface area contributed by atoms with E-state index in [1.165, 1.54) is 7.11 Å². The molecule has 4 rings (SSSR count). The molecule has 0 aliphatic heterocycles. The fraction of sp³-hybridized carbons (Fsp3) is 0.0435. The van der Waals surface area contributed by atoms with Crippen LogP contribution in [0.2, 0.25) is 0 Å². The zero-order chi connectivity index (χ0) is 20.2. The Morgan fingerprint density at radius 3 is 2.59 bits per heavy atom. The van der Waals surface area contributed by atoms with E-state index in [2.05, 4.69) is 21.4 Å². The molecule has 2 aromatic heterocycles. The first kappa shape index (κ1) is 18.1. The molecule has 2 heterocycles. The number of rotatable bonds is 4. The normalized spacial score (nSPS) is 10.3. The number of carbonyl (C=O) groups is 1. The van der Waals surface area contributed by atoms with Gasteiger partial charge in [-0.05, 0) is 59.7 Å². The van der Waals surface area contributed by atoms with Crippen LogP contribution in [0.1, 0.15) is 15.9 Å². The third kappa shape index (κ3) is 3.75. The molecule has 0 atom stereocenters. The summed E-state index contributed by atoms with van der Waals surface area (Å²) >= 11 is 0. The summed E-state index contributed by atoms with van der Waals surface area (Å²) in [5, 5.41) is 12.6. The van der Waals surface area contributed by atoms with Gasteiger partial charge >= 0.3 is 0 Å². The Morgan fingerprint density at radius 1 is 1.03 bits per heavy atom. The van der Waals surface area contributed by atoms with Gasteiger partial charge in [0.25, 0.3) is 5.91 Å². The van der Waals surface area contributed by atoms with Crippen LogP contribution in [0.25, 0.3) is 22.2 Å². The lowest BCUT2D eigenvalue weighted by molar-refractivity contribution is 0.102. The molecule has 0 aliphatic carbocycles. The van der Waals surface area contributed by atoms with Crippen LogP contribution in [0.3, 0.4) is 0 Å². The van der Waals surface area contributed by atoms with E-state index >= 15 is 0 Å². The van der Waals surface area contributed by atoms with Crippen LogP contribution in [0.5, 0.6) is 5.75 Å². The number of nitrogens with zero attached hydrogens (tertiary/aromatic N) is 3. The SMILES string of the molecule is COc1cc(-c2ccc(C#N)cc2)ccc1C(=O)Nc1ccc2cccnc2n1. The van der Waals surface area contributed by atoms with Crippen molar-refractivity contribution >= 4 is 22.8 Å². The first-order valence-electron chi connectivity index (χ1n) is 8.89. The van der Waals surface area contributed by atoms with Crippen molar-refractivity contribution in [2.45, 2.75) is 0 Å². The van der Waals surface area contributed by atoms with Gasteiger partial charge in [-0.2, -0.15) is 5.26 Å². The Morgan fingerprint density at radius 2 is 1.83 bits per heavy atom. The van der Waals surface area contributed by atoms with Crippen molar-refractivity contribution in [1.82, 2.24) is 9.97 Å². The predicted octanol–water partition coefficient (Wildman–Crippen LogP) is 4.43. The summed E-state index contributed by atoms with van der Waals surface area (Å²) in [6.45, 7) is 0. The summed E-state index contributed by atoms with van der Waals surface area (Å²) in [5.41, 5.74) is 3.36. The molecular weight excluding hydrogens is 364 g/mol. The first-order chi connectivity index (χ1) is 14.2. The van der Waals surface area contributed by atoms with Gasteiger partial charge in [0.15, 0.2) is 5.65 Å². The average molecular weight is 380 g/mol. The minimum atomic E-state index is -0.323. The summed E-state index contributed by atoms with van der Waals surface area (Å²) in [5.74, 6) is 0.540. The van der Waals surface area contributed by atoms with E-state index in [-0.39, 0.29) is 5.91 Å². The smallest absolute Gasteiger partial charge is 0.260 e. The van der Waals surface area contributed by atoms with Crippen LogP contribution in [-0.2, 0) is 0 Å². The highest BCUT2D eigenvalue weighted by Crippen LogP contribution is 2.28. The van der Waals surface area contributed by atoms with Crippen LogP contribution in [0, 0.1) is 11.3 Å². The monoisotopic (exact) mass is 380 g/mol. The molecule has 0 saturated heterocycles. The van der Waals surface area contributed by atoms with Crippen molar-refractivity contribution in [3.63, 3.8) is 0 Å². The minimum absolute atomic E-state index is 0.323. The second-order valence-electron chi connectivity index (χ2n) is 6.30. The first-order valence-corrected chi connectivity index (χ1v) is 8.89. The molecule has 0 fully saturated rings. The molecule has 0 aliphatic rings. The number of amides is 1. The van der Waals surface area contributed by atoms with Crippen molar-refractivity contribution in [3.8, 4) is 22.9 Å². The number of carbonyl (C=O) groups excluding carboxylic acids is 1. The molecule has 0 spiro atoms. The predicted molar refractivity (Wildman–Crippen MR) is 111 cm³/mol. The zero-order valence-electron chi connectivity index (χ0n) is 15.6. The molecule has 0 radical (unpaired) electrons. The van der Waals surface area contributed by atoms with Crippen molar-refractivity contribution in [1.29, 1.82) is 5.26 Å². The van der Waals surface area contributed by atoms with Crippen molar-refractivity contribution in [2.24, 2.45) is 0 Å². The summed E-state index contributed by atoms with van der Waals surface area (Å²) in [6.07, 6.45) is 1.66. The van der Waals surface area contributed by atoms with Gasteiger partial charge in [-0.3, -0.25) is 4.79 Å². The standard InChI is InChI=1S/C23H16N4O2/c1-29-20-13-18(16-6-4-15(14-24)5-7-16)8-10-19(20)23(28)27-21-11-9-17-3-2-12-25-22(17)26-21/h2-13H,1H3,(H,25,26,27,28). The molecule has 0 unspecified atom stereocenters. The number of methoxy groups -OCH3 is 1. The Kier molecular flexibility index (Phi) is 4.87. The molecule has 0 bridgehead atoms. The zero-order valence-corrected chi connectivity index (χ0v) is 15.6. The number of pyridine rings is 2. The topological polar surface area (TPSA) is 87.9 Å². The molecule has 140 valence electrons. The van der Waals surface area contributed by atoms with E-state index in [0.717, 1.165) is 16.5 Å². The van der Waals surface area contributed by atoms with E-state index < -0.39 is 0 Å². The number of fused-ring (bicyclic) bond motifs is 1. The Hall–Kier alpha value is -4.24. The van der Waals surface area contributed by atoms with Crippen LogP contribution >= 0.6 is 0 Å². The second kappa shape index (κ2) is 7.79. The summed E-state index contributed by atoms with van der Waals surface area (Å²) in [4.78, 5) is 21.3. The Bertz CT molecular complexity index is 1240. The number of benzene rings is 2. The minimum Gasteiger partial charge on any atom is -0.496 e. The highest BCUT2D eigenvalue weighted by atomic mass is 16.5. The number of hydrogen-bond donors (Lipinski definition) is 1. The molecular formula is C23H16N4O2. The van der Waals surface area contributed by atoms with Gasteiger partial charge < -0.3 is 10.1 Å². The van der Waals surface area contributed by atoms with Gasteiger partial charge in [0.1, 0.15) is 11.6 Å². The van der Waals surface area contributed by atoms with E-state index in [0.29, 0.717) is 28.3 Å². The largest absolute Gasteiger partial charge is 0.496 e.